The van der Waals surface area contributed by atoms with Gasteiger partial charge in [-0.1, -0.05) is 30.3 Å². The van der Waals surface area contributed by atoms with Crippen LogP contribution >= 0.6 is 0 Å². The Morgan fingerprint density at radius 1 is 0.900 bits per heavy atom. The molecule has 4 heteroatoms. The van der Waals surface area contributed by atoms with Crippen molar-refractivity contribution < 1.29 is 13.2 Å². The second-order valence-corrected chi connectivity index (χ2v) is 4.73. The van der Waals surface area contributed by atoms with Crippen molar-refractivity contribution in [3.05, 3.63) is 60.2 Å². The quantitative estimate of drug-likeness (QED) is 0.597. The molecule has 0 spiro atoms. The van der Waals surface area contributed by atoms with Crippen LogP contribution in [-0.2, 0) is 13.2 Å². The van der Waals surface area contributed by atoms with Gasteiger partial charge in [0.2, 0.25) is 0 Å². The fourth-order valence-corrected chi connectivity index (χ4v) is 2.42. The van der Waals surface area contributed by atoms with Crippen LogP contribution in [-0.4, -0.2) is 4.57 Å². The van der Waals surface area contributed by atoms with Crippen molar-refractivity contribution in [3.63, 3.8) is 0 Å². The van der Waals surface area contributed by atoms with Gasteiger partial charge >= 0.3 is 6.18 Å². The van der Waals surface area contributed by atoms with Crippen LogP contribution in [0.25, 0.3) is 22.2 Å². The van der Waals surface area contributed by atoms with E-state index in [4.69, 9.17) is 0 Å². The number of para-hydroxylation sites is 1. The van der Waals surface area contributed by atoms with E-state index in [1.807, 2.05) is 41.9 Å². The van der Waals surface area contributed by atoms with Gasteiger partial charge in [0.05, 0.1) is 5.56 Å². The van der Waals surface area contributed by atoms with Crippen LogP contribution in [0.1, 0.15) is 5.56 Å². The van der Waals surface area contributed by atoms with Crippen molar-refractivity contribution in [2.24, 2.45) is 7.05 Å². The molecule has 20 heavy (non-hydrogen) atoms. The van der Waals surface area contributed by atoms with E-state index in [2.05, 4.69) is 0 Å². The van der Waals surface area contributed by atoms with E-state index in [1.165, 1.54) is 12.1 Å². The normalized spacial score (nSPS) is 12.0. The third-order valence-electron chi connectivity index (χ3n) is 3.44. The van der Waals surface area contributed by atoms with Gasteiger partial charge < -0.3 is 4.57 Å². The number of fused-ring (bicyclic) bond motifs is 1. The summed E-state index contributed by atoms with van der Waals surface area (Å²) in [4.78, 5) is 0. The minimum atomic E-state index is -4.32. The first-order chi connectivity index (χ1) is 9.47. The number of benzene rings is 2. The summed E-state index contributed by atoms with van der Waals surface area (Å²) in [5.41, 5.74) is 1.72. The second-order valence-electron chi connectivity index (χ2n) is 4.73. The van der Waals surface area contributed by atoms with Crippen molar-refractivity contribution >= 4 is 10.9 Å². The van der Waals surface area contributed by atoms with Gasteiger partial charge in [0, 0.05) is 23.6 Å². The Balaban J connectivity index is 2.18. The smallest absolute Gasteiger partial charge is 0.344 e. The Morgan fingerprint density at radius 2 is 1.65 bits per heavy atom. The molecule has 0 saturated heterocycles. The summed E-state index contributed by atoms with van der Waals surface area (Å²) in [5, 5.41) is 1.02. The first-order valence-electron chi connectivity index (χ1n) is 6.19. The zero-order valence-corrected chi connectivity index (χ0v) is 10.8. The minimum Gasteiger partial charge on any atom is -0.344 e. The molecule has 0 atom stereocenters. The molecule has 0 bridgehead atoms. The Kier molecular flexibility index (Phi) is 2.82. The summed E-state index contributed by atoms with van der Waals surface area (Å²) in [5.74, 6) is 0. The highest BCUT2D eigenvalue weighted by Gasteiger charge is 2.30. The molecule has 3 rings (SSSR count). The highest BCUT2D eigenvalue weighted by Crippen LogP contribution is 2.33. The van der Waals surface area contributed by atoms with Gasteiger partial charge in [-0.2, -0.15) is 13.2 Å². The van der Waals surface area contributed by atoms with E-state index in [-0.39, 0.29) is 0 Å². The van der Waals surface area contributed by atoms with E-state index in [9.17, 15) is 13.2 Å². The molecule has 0 saturated carbocycles. The largest absolute Gasteiger partial charge is 0.416 e. The van der Waals surface area contributed by atoms with E-state index in [1.54, 1.807) is 6.07 Å². The van der Waals surface area contributed by atoms with E-state index in [0.29, 0.717) is 5.56 Å². The lowest BCUT2D eigenvalue weighted by atomic mass is 10.1. The Labute approximate surface area is 114 Å². The van der Waals surface area contributed by atoms with Crippen LogP contribution in [0.3, 0.4) is 0 Å². The van der Waals surface area contributed by atoms with Crippen LogP contribution in [0.15, 0.2) is 54.6 Å². The summed E-state index contributed by atoms with van der Waals surface area (Å²) in [6.45, 7) is 0. The maximum Gasteiger partial charge on any atom is 0.416 e. The molecule has 0 aliphatic heterocycles. The Bertz CT molecular complexity index is 769. The molecular formula is C16H12F3N. The van der Waals surface area contributed by atoms with E-state index < -0.39 is 11.7 Å². The summed E-state index contributed by atoms with van der Waals surface area (Å²) >= 11 is 0. The fraction of sp³-hybridized carbons (Fsp3) is 0.125. The third kappa shape index (κ3) is 2.07. The van der Waals surface area contributed by atoms with Crippen molar-refractivity contribution in [1.82, 2.24) is 4.57 Å². The topological polar surface area (TPSA) is 4.93 Å². The number of nitrogens with zero attached hydrogens (tertiary/aromatic N) is 1. The number of alkyl halides is 3. The maximum atomic E-state index is 12.8. The van der Waals surface area contributed by atoms with Crippen molar-refractivity contribution in [2.45, 2.75) is 6.18 Å². The zero-order chi connectivity index (χ0) is 14.3. The van der Waals surface area contributed by atoms with Crippen LogP contribution in [0.4, 0.5) is 13.2 Å². The molecule has 0 N–H and O–H groups in total. The average molecular weight is 275 g/mol. The molecule has 1 heterocycles. The fourth-order valence-electron chi connectivity index (χ4n) is 2.42. The average Bonchev–Trinajstić information content (AvgIpc) is 2.76. The number of hydrogen-bond acceptors (Lipinski definition) is 0. The predicted octanol–water partition coefficient (Wildman–Crippen LogP) is 4.86. The van der Waals surface area contributed by atoms with Crippen molar-refractivity contribution in [1.29, 1.82) is 0 Å². The molecule has 0 unspecified atom stereocenters. The van der Waals surface area contributed by atoms with Gasteiger partial charge in [0.25, 0.3) is 0 Å². The van der Waals surface area contributed by atoms with Crippen LogP contribution < -0.4 is 0 Å². The van der Waals surface area contributed by atoms with E-state index >= 15 is 0 Å². The highest BCUT2D eigenvalue weighted by molar-refractivity contribution is 5.86. The van der Waals surface area contributed by atoms with Crippen LogP contribution in [0.5, 0.6) is 0 Å². The number of halogens is 3. The predicted molar refractivity (Wildman–Crippen MR) is 73.4 cm³/mol. The molecule has 102 valence electrons. The molecule has 0 aliphatic carbocycles. The zero-order valence-electron chi connectivity index (χ0n) is 10.8. The first-order valence-corrected chi connectivity index (χ1v) is 6.19. The van der Waals surface area contributed by atoms with Gasteiger partial charge in [-0.3, -0.25) is 0 Å². The number of aryl methyl sites for hydroxylation is 1. The van der Waals surface area contributed by atoms with Gasteiger partial charge in [0.1, 0.15) is 0 Å². The SMILES string of the molecule is Cn1c(-c2cccc(C(F)(F)F)c2)cc2ccccc21. The van der Waals surface area contributed by atoms with Crippen molar-refractivity contribution in [3.8, 4) is 11.3 Å². The lowest BCUT2D eigenvalue weighted by molar-refractivity contribution is -0.137. The Hall–Kier alpha value is -2.23. The van der Waals surface area contributed by atoms with Gasteiger partial charge in [-0.15, -0.1) is 0 Å². The number of rotatable bonds is 1. The van der Waals surface area contributed by atoms with Gasteiger partial charge in [-0.25, -0.2) is 0 Å². The molecule has 0 radical (unpaired) electrons. The molecule has 1 aromatic heterocycles. The monoisotopic (exact) mass is 275 g/mol. The molecule has 0 amide bonds. The Morgan fingerprint density at radius 3 is 2.35 bits per heavy atom. The summed E-state index contributed by atoms with van der Waals surface area (Å²) < 4.78 is 40.3. The maximum absolute atomic E-state index is 12.8. The van der Waals surface area contributed by atoms with Crippen LogP contribution in [0, 0.1) is 0 Å². The lowest BCUT2D eigenvalue weighted by Gasteiger charge is -2.09. The van der Waals surface area contributed by atoms with Crippen molar-refractivity contribution in [2.75, 3.05) is 0 Å². The summed E-state index contributed by atoms with van der Waals surface area (Å²) in [7, 11) is 1.86. The molecule has 0 aliphatic rings. The summed E-state index contributed by atoms with van der Waals surface area (Å²) in [6.07, 6.45) is -4.32. The molecule has 3 aromatic rings. The minimum absolute atomic E-state index is 0.568. The lowest BCUT2D eigenvalue weighted by Crippen LogP contribution is -2.04. The number of hydrogen-bond donors (Lipinski definition) is 0. The third-order valence-corrected chi connectivity index (χ3v) is 3.44. The van der Waals surface area contributed by atoms with Gasteiger partial charge in [-0.05, 0) is 29.8 Å². The molecule has 1 nitrogen and oxygen atoms in total. The summed E-state index contributed by atoms with van der Waals surface area (Å²) in [6, 6.07) is 15.1. The highest BCUT2D eigenvalue weighted by atomic mass is 19.4. The second kappa shape index (κ2) is 4.40. The molecule has 0 fully saturated rings. The number of aromatic nitrogens is 1. The first kappa shape index (κ1) is 12.8. The standard InChI is InChI=1S/C16H12F3N/c1-20-14-8-3-2-5-12(14)10-15(20)11-6-4-7-13(9-11)16(17,18)19/h2-10H,1H3. The van der Waals surface area contributed by atoms with Crippen LogP contribution in [0.2, 0.25) is 0 Å². The molecule has 2 aromatic carbocycles. The van der Waals surface area contributed by atoms with E-state index in [0.717, 1.165) is 22.7 Å². The van der Waals surface area contributed by atoms with Gasteiger partial charge in [0.15, 0.2) is 0 Å². The molecular weight excluding hydrogens is 263 g/mol.